The summed E-state index contributed by atoms with van der Waals surface area (Å²) < 4.78 is 15.1. The third kappa shape index (κ3) is 5.08. The first-order valence-corrected chi connectivity index (χ1v) is 19.0. The number of aromatic nitrogens is 4. The summed E-state index contributed by atoms with van der Waals surface area (Å²) in [5.41, 5.74) is 11.8. The maximum Gasteiger partial charge on any atom is 0.164 e. The molecule has 0 fully saturated rings. The van der Waals surface area contributed by atoms with Crippen LogP contribution in [0.5, 0.6) is 0 Å². The van der Waals surface area contributed by atoms with Crippen molar-refractivity contribution in [3.8, 4) is 51.0 Å². The fourth-order valence-electron chi connectivity index (χ4n) is 8.30. The molecule has 0 amide bonds. The monoisotopic (exact) mass is 730 g/mol. The van der Waals surface area contributed by atoms with Gasteiger partial charge < -0.3 is 13.4 Å². The number of rotatable bonds is 5. The molecule has 4 heterocycles. The minimum absolute atomic E-state index is 0.594. The molecule has 0 radical (unpaired) electrons. The highest BCUT2D eigenvalue weighted by atomic mass is 16.3. The van der Waals surface area contributed by atoms with Crippen molar-refractivity contribution in [2.24, 2.45) is 0 Å². The van der Waals surface area contributed by atoms with Gasteiger partial charge in [0.2, 0.25) is 0 Å². The number of hydrogen-bond donors (Lipinski definition) is 0. The fraction of sp³-hybridized carbons (Fsp3) is 0. The predicted molar refractivity (Wildman–Crippen MR) is 230 cm³/mol. The maximum atomic E-state index is 6.46. The quantitative estimate of drug-likeness (QED) is 0.176. The molecule has 0 aliphatic carbocycles. The Bertz CT molecular complexity index is 3450. The highest BCUT2D eigenvalue weighted by Gasteiger charge is 2.18. The van der Waals surface area contributed by atoms with Crippen LogP contribution in [-0.2, 0) is 0 Å². The molecule has 0 unspecified atom stereocenters. The summed E-state index contributed by atoms with van der Waals surface area (Å²) in [7, 11) is 0. The topological polar surface area (TPSA) is 69.9 Å². The van der Waals surface area contributed by atoms with Crippen molar-refractivity contribution in [3.63, 3.8) is 0 Å². The lowest BCUT2D eigenvalue weighted by molar-refractivity contribution is 0.669. The van der Waals surface area contributed by atoms with E-state index in [1.807, 2.05) is 78.9 Å². The zero-order valence-corrected chi connectivity index (χ0v) is 30.4. The van der Waals surface area contributed by atoms with Crippen molar-refractivity contribution >= 4 is 65.7 Å². The minimum Gasteiger partial charge on any atom is -0.456 e. The van der Waals surface area contributed by atoms with Gasteiger partial charge in [-0.05, 0) is 71.8 Å². The average molecular weight is 731 g/mol. The van der Waals surface area contributed by atoms with Crippen LogP contribution < -0.4 is 0 Å². The zero-order valence-electron chi connectivity index (χ0n) is 30.4. The summed E-state index contributed by atoms with van der Waals surface area (Å²) in [6, 6.07) is 62.8. The van der Waals surface area contributed by atoms with Crippen molar-refractivity contribution < 1.29 is 8.83 Å². The van der Waals surface area contributed by atoms with Gasteiger partial charge in [0.15, 0.2) is 17.5 Å². The zero-order chi connectivity index (χ0) is 37.5. The summed E-state index contributed by atoms with van der Waals surface area (Å²) in [6.45, 7) is 0. The molecule has 4 aromatic heterocycles. The standard InChI is InChI=1S/C51H30N4O2/c1-3-11-32(12-4-1)49-52-50(33-13-5-2-6-14-33)54-51(53-49)35-21-25-39-41-27-34(22-26-46(41)57-47(39)28-35)31-19-23-36(24-20-31)55-43-17-9-7-15-37(43)40-30-48-42(29-44(40)55)38-16-8-10-18-45(38)56-48/h1-30H. The first-order chi connectivity index (χ1) is 28.2. The maximum absolute atomic E-state index is 6.46. The summed E-state index contributed by atoms with van der Waals surface area (Å²) in [6.07, 6.45) is 0. The van der Waals surface area contributed by atoms with E-state index in [0.29, 0.717) is 17.5 Å². The van der Waals surface area contributed by atoms with Gasteiger partial charge in [0.25, 0.3) is 0 Å². The van der Waals surface area contributed by atoms with Gasteiger partial charge in [-0.25, -0.2) is 15.0 Å². The van der Waals surface area contributed by atoms with Crippen LogP contribution in [0.4, 0.5) is 0 Å². The van der Waals surface area contributed by atoms with Gasteiger partial charge in [-0.15, -0.1) is 0 Å². The molecule has 266 valence electrons. The van der Waals surface area contributed by atoms with Crippen LogP contribution in [0.15, 0.2) is 191 Å². The number of para-hydroxylation sites is 2. The summed E-state index contributed by atoms with van der Waals surface area (Å²) in [5, 5.41) is 6.71. The Labute approximate surface area is 325 Å². The predicted octanol–water partition coefficient (Wildman–Crippen LogP) is 13.4. The minimum atomic E-state index is 0.594. The average Bonchev–Trinajstić information content (AvgIpc) is 3.94. The molecule has 12 aromatic rings. The van der Waals surface area contributed by atoms with Crippen LogP contribution in [-0.4, -0.2) is 19.5 Å². The summed E-state index contributed by atoms with van der Waals surface area (Å²) in [4.78, 5) is 14.7. The molecule has 0 aliphatic heterocycles. The van der Waals surface area contributed by atoms with Crippen molar-refractivity contribution in [3.05, 3.63) is 182 Å². The Hall–Kier alpha value is -7.83. The lowest BCUT2D eigenvalue weighted by atomic mass is 10.0. The van der Waals surface area contributed by atoms with Gasteiger partial charge in [0, 0.05) is 54.7 Å². The smallest absolute Gasteiger partial charge is 0.164 e. The number of benzene rings is 8. The largest absolute Gasteiger partial charge is 0.456 e. The van der Waals surface area contributed by atoms with Gasteiger partial charge in [-0.2, -0.15) is 0 Å². The Balaban J connectivity index is 0.927. The van der Waals surface area contributed by atoms with E-state index in [1.54, 1.807) is 0 Å². The molecule has 8 aromatic carbocycles. The lowest BCUT2D eigenvalue weighted by Gasteiger charge is -2.10. The molecule has 12 rings (SSSR count). The van der Waals surface area contributed by atoms with Crippen LogP contribution in [0.25, 0.3) is 117 Å². The molecule has 6 heteroatoms. The van der Waals surface area contributed by atoms with Crippen molar-refractivity contribution in [1.82, 2.24) is 19.5 Å². The molecule has 0 saturated heterocycles. The first kappa shape index (κ1) is 31.5. The van der Waals surface area contributed by atoms with Crippen LogP contribution >= 0.6 is 0 Å². The summed E-state index contributed by atoms with van der Waals surface area (Å²) in [5.74, 6) is 1.85. The van der Waals surface area contributed by atoms with E-state index in [0.717, 1.165) is 88.4 Å². The Morgan fingerprint density at radius 2 is 0.842 bits per heavy atom. The third-order valence-electron chi connectivity index (χ3n) is 11.1. The van der Waals surface area contributed by atoms with Crippen LogP contribution in [0.2, 0.25) is 0 Å². The molecule has 0 N–H and O–H groups in total. The Morgan fingerprint density at radius 3 is 1.58 bits per heavy atom. The lowest BCUT2D eigenvalue weighted by Crippen LogP contribution is -2.00. The number of nitrogens with zero attached hydrogens (tertiary/aromatic N) is 4. The second kappa shape index (κ2) is 12.3. The number of furan rings is 2. The van der Waals surface area contributed by atoms with Crippen LogP contribution in [0.1, 0.15) is 0 Å². The van der Waals surface area contributed by atoms with Gasteiger partial charge in [-0.1, -0.05) is 121 Å². The van der Waals surface area contributed by atoms with E-state index < -0.39 is 0 Å². The van der Waals surface area contributed by atoms with E-state index in [9.17, 15) is 0 Å². The van der Waals surface area contributed by atoms with E-state index in [4.69, 9.17) is 23.8 Å². The Kier molecular flexibility index (Phi) is 6.83. The second-order valence-corrected chi connectivity index (χ2v) is 14.4. The highest BCUT2D eigenvalue weighted by molar-refractivity contribution is 6.17. The highest BCUT2D eigenvalue weighted by Crippen LogP contribution is 2.39. The summed E-state index contributed by atoms with van der Waals surface area (Å²) >= 11 is 0. The van der Waals surface area contributed by atoms with E-state index in [-0.39, 0.29) is 0 Å². The molecule has 0 bridgehead atoms. The van der Waals surface area contributed by atoms with Gasteiger partial charge in [-0.3, -0.25) is 0 Å². The molecular formula is C51H30N4O2. The van der Waals surface area contributed by atoms with E-state index >= 15 is 0 Å². The van der Waals surface area contributed by atoms with E-state index in [2.05, 4.69) is 108 Å². The Morgan fingerprint density at radius 1 is 0.298 bits per heavy atom. The molecule has 0 spiro atoms. The molecule has 57 heavy (non-hydrogen) atoms. The van der Waals surface area contributed by atoms with Crippen molar-refractivity contribution in [2.75, 3.05) is 0 Å². The van der Waals surface area contributed by atoms with Crippen molar-refractivity contribution in [1.29, 1.82) is 0 Å². The number of fused-ring (bicyclic) bond motifs is 9. The normalized spacial score (nSPS) is 11.9. The van der Waals surface area contributed by atoms with Gasteiger partial charge in [0.1, 0.15) is 22.3 Å². The second-order valence-electron chi connectivity index (χ2n) is 14.4. The first-order valence-electron chi connectivity index (χ1n) is 19.0. The number of hydrogen-bond acceptors (Lipinski definition) is 5. The SMILES string of the molecule is c1ccc(-c2nc(-c3ccccc3)nc(-c3ccc4c(c3)oc3ccc(-c5ccc(-n6c7ccccc7c7cc8oc9ccccc9c8cc76)cc5)cc34)n2)cc1. The third-order valence-corrected chi connectivity index (χ3v) is 11.1. The van der Waals surface area contributed by atoms with Crippen LogP contribution in [0.3, 0.4) is 0 Å². The van der Waals surface area contributed by atoms with E-state index in [1.165, 1.54) is 10.8 Å². The van der Waals surface area contributed by atoms with Crippen molar-refractivity contribution in [2.45, 2.75) is 0 Å². The van der Waals surface area contributed by atoms with Gasteiger partial charge in [0.05, 0.1) is 11.0 Å². The van der Waals surface area contributed by atoms with Gasteiger partial charge >= 0.3 is 0 Å². The molecule has 6 nitrogen and oxygen atoms in total. The molecule has 0 atom stereocenters. The molecule has 0 saturated carbocycles. The molecule has 0 aliphatic rings. The molecular weight excluding hydrogens is 701 g/mol. The van der Waals surface area contributed by atoms with Crippen LogP contribution in [0, 0.1) is 0 Å². The fourth-order valence-corrected chi connectivity index (χ4v) is 8.30.